The molecule has 1 aromatic rings. The molecule has 100 valence electrons. The number of aryl methyl sites for hydroxylation is 3. The van der Waals surface area contributed by atoms with Crippen molar-refractivity contribution in [1.29, 1.82) is 0 Å². The fraction of sp³-hybridized carbons (Fsp3) is 0.533. The second kappa shape index (κ2) is 7.04. The molecule has 0 fully saturated rings. The molecule has 0 radical (unpaired) electrons. The summed E-state index contributed by atoms with van der Waals surface area (Å²) in [6, 6.07) is 4.19. The Kier molecular flexibility index (Phi) is 5.69. The van der Waals surface area contributed by atoms with Crippen molar-refractivity contribution in [3.8, 4) is 5.75 Å². The van der Waals surface area contributed by atoms with Gasteiger partial charge in [0, 0.05) is 6.42 Å². The summed E-state index contributed by atoms with van der Waals surface area (Å²) >= 11 is 0. The zero-order valence-corrected chi connectivity index (χ0v) is 11.7. The van der Waals surface area contributed by atoms with E-state index in [4.69, 9.17) is 9.47 Å². The minimum Gasteiger partial charge on any atom is -0.496 e. The van der Waals surface area contributed by atoms with E-state index in [1.807, 2.05) is 6.92 Å². The van der Waals surface area contributed by atoms with Crippen molar-refractivity contribution >= 4 is 5.97 Å². The summed E-state index contributed by atoms with van der Waals surface area (Å²) in [4.78, 5) is 11.3. The molecule has 0 heterocycles. The van der Waals surface area contributed by atoms with Crippen molar-refractivity contribution in [3.63, 3.8) is 0 Å². The second-order valence-corrected chi connectivity index (χ2v) is 4.41. The highest BCUT2D eigenvalue weighted by Crippen LogP contribution is 2.24. The maximum atomic E-state index is 11.3. The second-order valence-electron chi connectivity index (χ2n) is 4.41. The molecule has 0 saturated heterocycles. The van der Waals surface area contributed by atoms with Crippen molar-refractivity contribution in [2.24, 2.45) is 0 Å². The van der Waals surface area contributed by atoms with Crippen LogP contribution in [0.5, 0.6) is 5.75 Å². The van der Waals surface area contributed by atoms with Gasteiger partial charge in [-0.05, 0) is 56.4 Å². The highest BCUT2D eigenvalue weighted by atomic mass is 16.5. The van der Waals surface area contributed by atoms with Gasteiger partial charge in [0.05, 0.1) is 13.7 Å². The summed E-state index contributed by atoms with van der Waals surface area (Å²) in [5.41, 5.74) is 3.63. The number of benzene rings is 1. The van der Waals surface area contributed by atoms with Crippen LogP contribution >= 0.6 is 0 Å². The molecule has 0 aliphatic rings. The average Bonchev–Trinajstić information content (AvgIpc) is 2.33. The van der Waals surface area contributed by atoms with Crippen LogP contribution in [0.25, 0.3) is 0 Å². The molecule has 0 saturated carbocycles. The van der Waals surface area contributed by atoms with Gasteiger partial charge >= 0.3 is 5.97 Å². The lowest BCUT2D eigenvalue weighted by molar-refractivity contribution is -0.143. The Morgan fingerprint density at radius 2 is 1.89 bits per heavy atom. The molecule has 3 heteroatoms. The lowest BCUT2D eigenvalue weighted by atomic mass is 10.0. The summed E-state index contributed by atoms with van der Waals surface area (Å²) in [5.74, 6) is 0.780. The average molecular weight is 250 g/mol. The van der Waals surface area contributed by atoms with Crippen LogP contribution in [-0.4, -0.2) is 19.7 Å². The molecule has 0 aliphatic carbocycles. The molecule has 0 aliphatic heterocycles. The molecular weight excluding hydrogens is 228 g/mol. The number of hydrogen-bond acceptors (Lipinski definition) is 3. The predicted molar refractivity (Wildman–Crippen MR) is 72.0 cm³/mol. The first kappa shape index (κ1) is 14.6. The Morgan fingerprint density at radius 1 is 1.22 bits per heavy atom. The Bertz CT molecular complexity index is 410. The quantitative estimate of drug-likeness (QED) is 0.727. The van der Waals surface area contributed by atoms with Gasteiger partial charge in [0.25, 0.3) is 0 Å². The largest absolute Gasteiger partial charge is 0.496 e. The molecule has 0 amide bonds. The molecule has 0 bridgehead atoms. The highest BCUT2D eigenvalue weighted by molar-refractivity contribution is 5.69. The minimum absolute atomic E-state index is 0.125. The molecule has 3 nitrogen and oxygen atoms in total. The summed E-state index contributed by atoms with van der Waals surface area (Å²) < 4.78 is 10.3. The Balaban J connectivity index is 2.61. The summed E-state index contributed by atoms with van der Waals surface area (Å²) in [6.45, 7) is 6.43. The number of methoxy groups -OCH3 is 1. The lowest BCUT2D eigenvalue weighted by Crippen LogP contribution is -2.04. The number of carbonyl (C=O) groups is 1. The van der Waals surface area contributed by atoms with E-state index in [0.717, 1.165) is 24.2 Å². The van der Waals surface area contributed by atoms with Crippen molar-refractivity contribution < 1.29 is 14.3 Å². The van der Waals surface area contributed by atoms with Crippen LogP contribution in [0.1, 0.15) is 36.5 Å². The SMILES string of the molecule is CCOC(=O)CCCc1cc(C)c(C)cc1OC. The number of ether oxygens (including phenoxy) is 2. The van der Waals surface area contributed by atoms with E-state index >= 15 is 0 Å². The number of rotatable bonds is 6. The molecule has 0 spiro atoms. The van der Waals surface area contributed by atoms with Gasteiger partial charge in [0.1, 0.15) is 5.75 Å². The van der Waals surface area contributed by atoms with Gasteiger partial charge in [0.15, 0.2) is 0 Å². The fourth-order valence-electron chi connectivity index (χ4n) is 1.89. The molecule has 1 rings (SSSR count). The Labute approximate surface area is 109 Å². The van der Waals surface area contributed by atoms with Crippen LogP contribution in [0, 0.1) is 13.8 Å². The fourth-order valence-corrected chi connectivity index (χ4v) is 1.89. The smallest absolute Gasteiger partial charge is 0.305 e. The number of hydrogen-bond donors (Lipinski definition) is 0. The molecule has 0 atom stereocenters. The van der Waals surface area contributed by atoms with Crippen LogP contribution in [0.4, 0.5) is 0 Å². The molecule has 1 aromatic carbocycles. The van der Waals surface area contributed by atoms with E-state index < -0.39 is 0 Å². The zero-order chi connectivity index (χ0) is 13.5. The van der Waals surface area contributed by atoms with E-state index in [-0.39, 0.29) is 5.97 Å². The standard InChI is InChI=1S/C15H22O3/c1-5-18-15(16)8-6-7-13-9-11(2)12(3)10-14(13)17-4/h9-10H,5-8H2,1-4H3. The van der Waals surface area contributed by atoms with Gasteiger partial charge in [-0.25, -0.2) is 0 Å². The molecule has 0 aromatic heterocycles. The molecule has 0 unspecified atom stereocenters. The first-order chi connectivity index (χ1) is 8.58. The van der Waals surface area contributed by atoms with Crippen LogP contribution in [0.15, 0.2) is 12.1 Å². The predicted octanol–water partition coefficient (Wildman–Crippen LogP) is 3.20. The van der Waals surface area contributed by atoms with Gasteiger partial charge in [-0.3, -0.25) is 4.79 Å². The molecule has 0 N–H and O–H groups in total. The third-order valence-corrected chi connectivity index (χ3v) is 3.03. The van der Waals surface area contributed by atoms with Crippen LogP contribution in [-0.2, 0) is 16.0 Å². The van der Waals surface area contributed by atoms with Gasteiger partial charge in [-0.15, -0.1) is 0 Å². The van der Waals surface area contributed by atoms with E-state index in [9.17, 15) is 4.79 Å². The van der Waals surface area contributed by atoms with Crippen LogP contribution in [0.3, 0.4) is 0 Å². The normalized spacial score (nSPS) is 10.2. The van der Waals surface area contributed by atoms with E-state index in [1.165, 1.54) is 11.1 Å². The summed E-state index contributed by atoms with van der Waals surface area (Å²) in [6.07, 6.45) is 2.09. The first-order valence-corrected chi connectivity index (χ1v) is 6.38. The van der Waals surface area contributed by atoms with Gasteiger partial charge < -0.3 is 9.47 Å². The molecule has 18 heavy (non-hydrogen) atoms. The monoisotopic (exact) mass is 250 g/mol. The lowest BCUT2D eigenvalue weighted by Gasteiger charge is -2.11. The third-order valence-electron chi connectivity index (χ3n) is 3.03. The first-order valence-electron chi connectivity index (χ1n) is 6.38. The number of esters is 1. The van der Waals surface area contributed by atoms with Crippen molar-refractivity contribution in [3.05, 3.63) is 28.8 Å². The van der Waals surface area contributed by atoms with Gasteiger partial charge in [0.2, 0.25) is 0 Å². The minimum atomic E-state index is -0.125. The Hall–Kier alpha value is -1.51. The Morgan fingerprint density at radius 3 is 2.50 bits per heavy atom. The van der Waals surface area contributed by atoms with Crippen molar-refractivity contribution in [2.45, 2.75) is 40.0 Å². The topological polar surface area (TPSA) is 35.5 Å². The van der Waals surface area contributed by atoms with Crippen molar-refractivity contribution in [1.82, 2.24) is 0 Å². The van der Waals surface area contributed by atoms with Gasteiger partial charge in [-0.1, -0.05) is 6.07 Å². The van der Waals surface area contributed by atoms with Crippen LogP contribution < -0.4 is 4.74 Å². The number of carbonyl (C=O) groups excluding carboxylic acids is 1. The summed E-state index contributed by atoms with van der Waals surface area (Å²) in [5, 5.41) is 0. The summed E-state index contributed by atoms with van der Waals surface area (Å²) in [7, 11) is 1.68. The highest BCUT2D eigenvalue weighted by Gasteiger charge is 2.07. The van der Waals surface area contributed by atoms with Crippen LogP contribution in [0.2, 0.25) is 0 Å². The maximum Gasteiger partial charge on any atom is 0.305 e. The van der Waals surface area contributed by atoms with Crippen molar-refractivity contribution in [2.75, 3.05) is 13.7 Å². The van der Waals surface area contributed by atoms with E-state index in [0.29, 0.717) is 13.0 Å². The third kappa shape index (κ3) is 4.06. The zero-order valence-electron chi connectivity index (χ0n) is 11.7. The van der Waals surface area contributed by atoms with Gasteiger partial charge in [-0.2, -0.15) is 0 Å². The van der Waals surface area contributed by atoms with E-state index in [2.05, 4.69) is 26.0 Å². The van der Waals surface area contributed by atoms with E-state index in [1.54, 1.807) is 7.11 Å². The molecular formula is C15H22O3. The maximum absolute atomic E-state index is 11.3.